The lowest BCUT2D eigenvalue weighted by atomic mass is 10.1. The van der Waals surface area contributed by atoms with Crippen LogP contribution in [0.25, 0.3) is 0 Å². The van der Waals surface area contributed by atoms with E-state index in [-0.39, 0.29) is 35.8 Å². The van der Waals surface area contributed by atoms with Gasteiger partial charge in [-0.15, -0.1) is 0 Å². The Morgan fingerprint density at radius 1 is 1.03 bits per heavy atom. The van der Waals surface area contributed by atoms with E-state index in [4.69, 9.17) is 24.7 Å². The van der Waals surface area contributed by atoms with Crippen LogP contribution in [0.1, 0.15) is 35.8 Å². The van der Waals surface area contributed by atoms with Gasteiger partial charge in [0, 0.05) is 5.56 Å². The third-order valence-corrected chi connectivity index (χ3v) is 4.12. The van der Waals surface area contributed by atoms with Crippen molar-refractivity contribution in [1.29, 1.82) is 0 Å². The van der Waals surface area contributed by atoms with Crippen molar-refractivity contribution in [3.63, 3.8) is 0 Å². The summed E-state index contributed by atoms with van der Waals surface area (Å²) in [5.41, 5.74) is 6.37. The normalized spacial score (nSPS) is 11.3. The number of benzene rings is 2. The minimum absolute atomic E-state index is 0.199. The van der Waals surface area contributed by atoms with Crippen LogP contribution in [0.2, 0.25) is 0 Å². The van der Waals surface area contributed by atoms with Gasteiger partial charge in [-0.3, -0.25) is 9.59 Å². The standard InChI is InChI=1S/C21H26N2O6/c1-5-28-16-8-6-14(7-9-16)13(2)23-21(25)15-10-17(26-3)20(18(11-15)27-4)29-12-19(22)24/h6-11,13H,5,12H2,1-4H3,(H2,22,24)(H,23,25). The van der Waals surface area contributed by atoms with Crippen molar-refractivity contribution in [2.24, 2.45) is 5.73 Å². The van der Waals surface area contributed by atoms with Gasteiger partial charge in [-0.25, -0.2) is 0 Å². The number of rotatable bonds is 10. The predicted octanol–water partition coefficient (Wildman–Crippen LogP) is 2.46. The molecule has 2 aromatic rings. The van der Waals surface area contributed by atoms with E-state index in [0.717, 1.165) is 11.3 Å². The summed E-state index contributed by atoms with van der Waals surface area (Å²) in [6.45, 7) is 4.05. The molecular weight excluding hydrogens is 376 g/mol. The number of primary amides is 1. The molecule has 8 heteroatoms. The van der Waals surface area contributed by atoms with Gasteiger partial charge >= 0.3 is 0 Å². The van der Waals surface area contributed by atoms with E-state index >= 15 is 0 Å². The maximum absolute atomic E-state index is 12.7. The zero-order valence-corrected chi connectivity index (χ0v) is 17.0. The van der Waals surface area contributed by atoms with Gasteiger partial charge in [0.1, 0.15) is 5.75 Å². The third-order valence-electron chi connectivity index (χ3n) is 4.12. The summed E-state index contributed by atoms with van der Waals surface area (Å²) in [7, 11) is 2.85. The highest BCUT2D eigenvalue weighted by molar-refractivity contribution is 5.96. The van der Waals surface area contributed by atoms with E-state index in [0.29, 0.717) is 12.2 Å². The lowest BCUT2D eigenvalue weighted by Crippen LogP contribution is -2.26. The molecule has 8 nitrogen and oxygen atoms in total. The summed E-state index contributed by atoms with van der Waals surface area (Å²) >= 11 is 0. The number of nitrogens with two attached hydrogens (primary N) is 1. The highest BCUT2D eigenvalue weighted by atomic mass is 16.5. The van der Waals surface area contributed by atoms with Crippen LogP contribution < -0.4 is 30.0 Å². The minimum atomic E-state index is -0.639. The maximum Gasteiger partial charge on any atom is 0.255 e. The molecule has 3 N–H and O–H groups in total. The van der Waals surface area contributed by atoms with Crippen molar-refractivity contribution in [3.05, 3.63) is 47.5 Å². The molecule has 2 amide bonds. The van der Waals surface area contributed by atoms with Crippen molar-refractivity contribution >= 4 is 11.8 Å². The summed E-state index contributed by atoms with van der Waals surface area (Å²) in [6.07, 6.45) is 0. The quantitative estimate of drug-likeness (QED) is 0.632. The zero-order chi connectivity index (χ0) is 21.4. The molecule has 0 aliphatic heterocycles. The molecule has 0 aliphatic rings. The molecule has 2 rings (SSSR count). The first kappa shape index (κ1) is 21.9. The average molecular weight is 402 g/mol. The SMILES string of the molecule is CCOc1ccc(C(C)NC(=O)c2cc(OC)c(OCC(N)=O)c(OC)c2)cc1. The average Bonchev–Trinajstić information content (AvgIpc) is 2.72. The molecule has 29 heavy (non-hydrogen) atoms. The Balaban J connectivity index is 2.19. The van der Waals surface area contributed by atoms with Gasteiger partial charge in [-0.2, -0.15) is 0 Å². The summed E-state index contributed by atoms with van der Waals surface area (Å²) in [5.74, 6) is 0.527. The van der Waals surface area contributed by atoms with Gasteiger partial charge in [0.05, 0.1) is 26.9 Å². The second-order valence-corrected chi connectivity index (χ2v) is 6.16. The Morgan fingerprint density at radius 2 is 1.62 bits per heavy atom. The Bertz CT molecular complexity index is 826. The van der Waals surface area contributed by atoms with Crippen LogP contribution >= 0.6 is 0 Å². The predicted molar refractivity (Wildman–Crippen MR) is 108 cm³/mol. The van der Waals surface area contributed by atoms with Crippen LogP contribution in [0, 0.1) is 0 Å². The molecule has 2 aromatic carbocycles. The number of carbonyl (C=O) groups is 2. The zero-order valence-electron chi connectivity index (χ0n) is 17.0. The van der Waals surface area contributed by atoms with Crippen LogP contribution in [-0.2, 0) is 4.79 Å². The first-order valence-corrected chi connectivity index (χ1v) is 9.10. The van der Waals surface area contributed by atoms with E-state index in [1.54, 1.807) is 0 Å². The number of hydrogen-bond acceptors (Lipinski definition) is 6. The monoisotopic (exact) mass is 402 g/mol. The van der Waals surface area contributed by atoms with Crippen molar-refractivity contribution in [2.75, 3.05) is 27.4 Å². The smallest absolute Gasteiger partial charge is 0.255 e. The van der Waals surface area contributed by atoms with E-state index in [2.05, 4.69) is 5.32 Å². The van der Waals surface area contributed by atoms with Crippen LogP contribution in [0.4, 0.5) is 0 Å². The Morgan fingerprint density at radius 3 is 2.10 bits per heavy atom. The molecule has 0 bridgehead atoms. The maximum atomic E-state index is 12.7. The summed E-state index contributed by atoms with van der Waals surface area (Å²) < 4.78 is 21.4. The topological polar surface area (TPSA) is 109 Å². The van der Waals surface area contributed by atoms with Crippen LogP contribution in [0.15, 0.2) is 36.4 Å². The molecule has 0 saturated carbocycles. The fourth-order valence-corrected chi connectivity index (χ4v) is 2.68. The molecule has 1 unspecified atom stereocenters. The summed E-state index contributed by atoms with van der Waals surface area (Å²) in [5, 5.41) is 2.93. The van der Waals surface area contributed by atoms with Crippen LogP contribution in [0.3, 0.4) is 0 Å². The van der Waals surface area contributed by atoms with Crippen LogP contribution in [-0.4, -0.2) is 39.2 Å². The second kappa shape index (κ2) is 10.2. The Labute approximate surface area is 169 Å². The molecule has 0 spiro atoms. The van der Waals surface area contributed by atoms with Crippen LogP contribution in [0.5, 0.6) is 23.0 Å². The number of ether oxygens (including phenoxy) is 4. The van der Waals surface area contributed by atoms with Crippen molar-refractivity contribution in [3.8, 4) is 23.0 Å². The van der Waals surface area contributed by atoms with Crippen molar-refractivity contribution in [2.45, 2.75) is 19.9 Å². The lowest BCUT2D eigenvalue weighted by Gasteiger charge is -2.18. The third kappa shape index (κ3) is 5.78. The van der Waals surface area contributed by atoms with E-state index in [9.17, 15) is 9.59 Å². The van der Waals surface area contributed by atoms with Gasteiger partial charge in [-0.05, 0) is 43.7 Å². The molecule has 0 radical (unpaired) electrons. The summed E-state index contributed by atoms with van der Waals surface area (Å²) in [4.78, 5) is 23.8. The number of methoxy groups -OCH3 is 2. The molecular formula is C21H26N2O6. The molecule has 1 atom stereocenters. The molecule has 0 aromatic heterocycles. The van der Waals surface area contributed by atoms with Gasteiger partial charge in [0.25, 0.3) is 11.8 Å². The number of hydrogen-bond donors (Lipinski definition) is 2. The first-order valence-electron chi connectivity index (χ1n) is 9.10. The summed E-state index contributed by atoms with van der Waals surface area (Å²) in [6, 6.07) is 10.3. The van der Waals surface area contributed by atoms with Crippen molar-refractivity contribution in [1.82, 2.24) is 5.32 Å². The number of carbonyl (C=O) groups excluding carboxylic acids is 2. The molecule has 156 valence electrons. The molecule has 0 aliphatic carbocycles. The van der Waals surface area contributed by atoms with Gasteiger partial charge in [0.2, 0.25) is 5.75 Å². The fourth-order valence-electron chi connectivity index (χ4n) is 2.68. The molecule has 0 saturated heterocycles. The Kier molecular flexibility index (Phi) is 7.70. The molecule has 0 fully saturated rings. The van der Waals surface area contributed by atoms with Gasteiger partial charge in [-0.1, -0.05) is 12.1 Å². The number of amides is 2. The second-order valence-electron chi connectivity index (χ2n) is 6.16. The highest BCUT2D eigenvalue weighted by Crippen LogP contribution is 2.38. The fraction of sp³-hybridized carbons (Fsp3) is 0.333. The lowest BCUT2D eigenvalue weighted by molar-refractivity contribution is -0.120. The van der Waals surface area contributed by atoms with Gasteiger partial charge < -0.3 is 30.0 Å². The Hall–Kier alpha value is -3.42. The van der Waals surface area contributed by atoms with E-state index < -0.39 is 5.91 Å². The minimum Gasteiger partial charge on any atom is -0.494 e. The van der Waals surface area contributed by atoms with Crippen molar-refractivity contribution < 1.29 is 28.5 Å². The number of nitrogens with one attached hydrogen (secondary N) is 1. The van der Waals surface area contributed by atoms with E-state index in [1.165, 1.54) is 26.4 Å². The van der Waals surface area contributed by atoms with E-state index in [1.807, 2.05) is 38.1 Å². The highest BCUT2D eigenvalue weighted by Gasteiger charge is 2.19. The molecule has 0 heterocycles. The van der Waals surface area contributed by atoms with Gasteiger partial charge in [0.15, 0.2) is 18.1 Å². The first-order chi connectivity index (χ1) is 13.9. The largest absolute Gasteiger partial charge is 0.494 e.